The number of nitrogens with zero attached hydrogens (tertiary/aromatic N) is 2. The van der Waals surface area contributed by atoms with Gasteiger partial charge < -0.3 is 4.74 Å². The Bertz CT molecular complexity index is 303. The van der Waals surface area contributed by atoms with Crippen molar-refractivity contribution in [2.45, 2.75) is 17.7 Å². The van der Waals surface area contributed by atoms with Crippen molar-refractivity contribution in [1.82, 2.24) is 10.2 Å². The summed E-state index contributed by atoms with van der Waals surface area (Å²) in [6.07, 6.45) is 2.23. The molecule has 1 N–H and O–H groups in total. The van der Waals surface area contributed by atoms with Crippen LogP contribution in [-0.2, 0) is 4.74 Å². The van der Waals surface area contributed by atoms with E-state index in [0.29, 0.717) is 11.7 Å². The smallest absolute Gasteiger partial charge is 0.413 e. The van der Waals surface area contributed by atoms with Crippen molar-refractivity contribution in [3.63, 3.8) is 0 Å². The van der Waals surface area contributed by atoms with Crippen LogP contribution in [0.2, 0.25) is 0 Å². The van der Waals surface area contributed by atoms with Gasteiger partial charge >= 0.3 is 6.09 Å². The standard InChI is InChI=1S/C7H11N3O2S2/c1-3-4-12-6(11)8-5-9-10-7(13-2)14-5/h3-4H2,1-2H3,(H,8,9,11). The fourth-order valence-corrected chi connectivity index (χ4v) is 1.82. The summed E-state index contributed by atoms with van der Waals surface area (Å²) < 4.78 is 5.64. The Morgan fingerprint density at radius 3 is 3.00 bits per heavy atom. The fraction of sp³-hybridized carbons (Fsp3) is 0.571. The lowest BCUT2D eigenvalue weighted by Crippen LogP contribution is -2.13. The Balaban J connectivity index is 2.39. The third kappa shape index (κ3) is 3.51. The topological polar surface area (TPSA) is 64.1 Å². The van der Waals surface area contributed by atoms with E-state index in [0.717, 1.165) is 10.8 Å². The molecule has 78 valence electrons. The minimum atomic E-state index is -0.476. The van der Waals surface area contributed by atoms with E-state index in [-0.39, 0.29) is 0 Å². The first kappa shape index (κ1) is 11.3. The summed E-state index contributed by atoms with van der Waals surface area (Å²) in [6.45, 7) is 2.35. The molecule has 0 aliphatic rings. The Labute approximate surface area is 90.3 Å². The van der Waals surface area contributed by atoms with Crippen LogP contribution in [0.15, 0.2) is 4.34 Å². The summed E-state index contributed by atoms with van der Waals surface area (Å²) in [6, 6.07) is 0. The SMILES string of the molecule is CCCOC(=O)Nc1nnc(SC)s1. The molecule has 0 aliphatic carbocycles. The van der Waals surface area contributed by atoms with Gasteiger partial charge in [0, 0.05) is 0 Å². The van der Waals surface area contributed by atoms with Gasteiger partial charge in [0.1, 0.15) is 0 Å². The van der Waals surface area contributed by atoms with Gasteiger partial charge in [0.15, 0.2) is 4.34 Å². The van der Waals surface area contributed by atoms with Crippen molar-refractivity contribution >= 4 is 34.3 Å². The first-order valence-corrected chi connectivity index (χ1v) is 6.11. The minimum absolute atomic E-state index is 0.417. The van der Waals surface area contributed by atoms with Crippen LogP contribution in [0.4, 0.5) is 9.93 Å². The zero-order valence-corrected chi connectivity index (χ0v) is 9.57. The van der Waals surface area contributed by atoms with Crippen LogP contribution >= 0.6 is 23.1 Å². The van der Waals surface area contributed by atoms with Gasteiger partial charge in [0.05, 0.1) is 6.61 Å². The molecule has 0 aliphatic heterocycles. The van der Waals surface area contributed by atoms with Crippen molar-refractivity contribution in [1.29, 1.82) is 0 Å². The van der Waals surface area contributed by atoms with Crippen LogP contribution in [0.5, 0.6) is 0 Å². The lowest BCUT2D eigenvalue weighted by atomic mass is 10.5. The van der Waals surface area contributed by atoms with E-state index in [1.165, 1.54) is 23.1 Å². The number of thioether (sulfide) groups is 1. The normalized spacial score (nSPS) is 9.86. The van der Waals surface area contributed by atoms with E-state index in [1.807, 2.05) is 13.2 Å². The molecule has 0 spiro atoms. The average molecular weight is 233 g/mol. The summed E-state index contributed by atoms with van der Waals surface area (Å²) in [5.41, 5.74) is 0. The molecule has 0 fully saturated rings. The largest absolute Gasteiger partial charge is 0.449 e. The maximum absolute atomic E-state index is 11.1. The van der Waals surface area contributed by atoms with E-state index >= 15 is 0 Å². The average Bonchev–Trinajstić information content (AvgIpc) is 2.62. The maximum atomic E-state index is 11.1. The molecule has 5 nitrogen and oxygen atoms in total. The summed E-state index contributed by atoms with van der Waals surface area (Å²) >= 11 is 2.81. The number of aromatic nitrogens is 2. The third-order valence-electron chi connectivity index (χ3n) is 1.23. The van der Waals surface area contributed by atoms with Gasteiger partial charge in [-0.25, -0.2) is 4.79 Å². The second kappa shape index (κ2) is 5.82. The highest BCUT2D eigenvalue weighted by Crippen LogP contribution is 2.22. The molecule has 1 rings (SSSR count). The Morgan fingerprint density at radius 1 is 1.64 bits per heavy atom. The van der Waals surface area contributed by atoms with Crippen LogP contribution in [0.3, 0.4) is 0 Å². The predicted octanol–water partition coefficient (Wildman–Crippen LogP) is 2.22. The molecule has 0 aromatic carbocycles. The summed E-state index contributed by atoms with van der Waals surface area (Å²) in [5, 5.41) is 10.6. The van der Waals surface area contributed by atoms with E-state index in [9.17, 15) is 4.79 Å². The number of anilines is 1. The maximum Gasteiger partial charge on any atom is 0.413 e. The molecule has 0 bridgehead atoms. The molecular weight excluding hydrogens is 222 g/mol. The van der Waals surface area contributed by atoms with Gasteiger partial charge in [0.25, 0.3) is 0 Å². The molecule has 1 aromatic rings. The van der Waals surface area contributed by atoms with Crippen molar-refractivity contribution in [2.24, 2.45) is 0 Å². The molecule has 1 aromatic heterocycles. The second-order valence-corrected chi connectivity index (χ2v) is 4.37. The molecule has 1 heterocycles. The first-order chi connectivity index (χ1) is 6.76. The minimum Gasteiger partial charge on any atom is -0.449 e. The molecule has 14 heavy (non-hydrogen) atoms. The molecule has 0 saturated heterocycles. The number of nitrogens with one attached hydrogen (secondary N) is 1. The summed E-state index contributed by atoms with van der Waals surface area (Å²) in [5.74, 6) is 0. The fourth-order valence-electron chi connectivity index (χ4n) is 0.661. The molecule has 1 amide bonds. The monoisotopic (exact) mass is 233 g/mol. The lowest BCUT2D eigenvalue weighted by molar-refractivity contribution is 0.161. The molecule has 0 saturated carbocycles. The van der Waals surface area contributed by atoms with Gasteiger partial charge in [0.2, 0.25) is 5.13 Å². The van der Waals surface area contributed by atoms with Crippen LogP contribution in [0.1, 0.15) is 13.3 Å². The molecule has 0 atom stereocenters. The quantitative estimate of drug-likeness (QED) is 0.638. The van der Waals surface area contributed by atoms with Gasteiger partial charge in [-0.05, 0) is 12.7 Å². The number of hydrogen-bond donors (Lipinski definition) is 1. The molecule has 0 radical (unpaired) electrons. The third-order valence-corrected chi connectivity index (χ3v) is 3.04. The van der Waals surface area contributed by atoms with Crippen molar-refractivity contribution in [3.05, 3.63) is 0 Å². The van der Waals surface area contributed by atoms with Crippen LogP contribution < -0.4 is 5.32 Å². The molecule has 0 unspecified atom stereocenters. The van der Waals surface area contributed by atoms with Crippen molar-refractivity contribution in [3.8, 4) is 0 Å². The lowest BCUT2D eigenvalue weighted by Gasteiger charge is -2.01. The number of rotatable bonds is 4. The van der Waals surface area contributed by atoms with Crippen molar-refractivity contribution in [2.75, 3.05) is 18.2 Å². The van der Waals surface area contributed by atoms with Gasteiger partial charge in [-0.1, -0.05) is 30.0 Å². The number of ether oxygens (including phenoxy) is 1. The van der Waals surface area contributed by atoms with E-state index in [2.05, 4.69) is 15.5 Å². The Hall–Kier alpha value is -0.820. The first-order valence-electron chi connectivity index (χ1n) is 4.07. The zero-order chi connectivity index (χ0) is 10.4. The van der Waals surface area contributed by atoms with Crippen LogP contribution in [-0.4, -0.2) is 29.2 Å². The predicted molar refractivity (Wildman–Crippen MR) is 57.0 cm³/mol. The van der Waals surface area contributed by atoms with Gasteiger partial charge in [-0.15, -0.1) is 10.2 Å². The van der Waals surface area contributed by atoms with E-state index in [1.54, 1.807) is 0 Å². The van der Waals surface area contributed by atoms with Crippen LogP contribution in [0, 0.1) is 0 Å². The number of amides is 1. The highest BCUT2D eigenvalue weighted by Gasteiger charge is 2.07. The number of carbonyl (C=O) groups excluding carboxylic acids is 1. The second-order valence-electron chi connectivity index (χ2n) is 2.34. The number of hydrogen-bond acceptors (Lipinski definition) is 6. The van der Waals surface area contributed by atoms with Crippen molar-refractivity contribution < 1.29 is 9.53 Å². The van der Waals surface area contributed by atoms with Gasteiger partial charge in [-0.2, -0.15) is 0 Å². The van der Waals surface area contributed by atoms with E-state index in [4.69, 9.17) is 4.74 Å². The van der Waals surface area contributed by atoms with Crippen LogP contribution in [0.25, 0.3) is 0 Å². The molecule has 7 heteroatoms. The Morgan fingerprint density at radius 2 is 2.43 bits per heavy atom. The molecular formula is C7H11N3O2S2. The van der Waals surface area contributed by atoms with Gasteiger partial charge in [-0.3, -0.25) is 5.32 Å². The summed E-state index contributed by atoms with van der Waals surface area (Å²) in [4.78, 5) is 11.1. The highest BCUT2D eigenvalue weighted by molar-refractivity contribution is 8.00. The Kier molecular flexibility index (Phi) is 4.68. The highest BCUT2D eigenvalue weighted by atomic mass is 32.2. The van der Waals surface area contributed by atoms with E-state index < -0.39 is 6.09 Å². The number of carbonyl (C=O) groups is 1. The zero-order valence-electron chi connectivity index (χ0n) is 7.94. The summed E-state index contributed by atoms with van der Waals surface area (Å²) in [7, 11) is 0.